The van der Waals surface area contributed by atoms with Crippen LogP contribution in [0.2, 0.25) is 0 Å². The molecule has 0 aliphatic heterocycles. The van der Waals surface area contributed by atoms with Gasteiger partial charge in [-0.1, -0.05) is 25.1 Å². The summed E-state index contributed by atoms with van der Waals surface area (Å²) >= 11 is 1.79. The third kappa shape index (κ3) is 3.43. The molecule has 0 saturated heterocycles. The van der Waals surface area contributed by atoms with Crippen molar-refractivity contribution in [2.45, 2.75) is 20.0 Å². The lowest BCUT2D eigenvalue weighted by Gasteiger charge is -2.19. The molecule has 18 heavy (non-hydrogen) atoms. The lowest BCUT2D eigenvalue weighted by molar-refractivity contribution is 0.274. The maximum Gasteiger partial charge on any atom is 0.0991 e. The minimum atomic E-state index is 0.736. The molecule has 0 aliphatic rings. The van der Waals surface area contributed by atoms with Crippen LogP contribution >= 0.6 is 11.3 Å². The normalized spacial score (nSPS) is 10.5. The van der Waals surface area contributed by atoms with Crippen molar-refractivity contribution in [2.24, 2.45) is 0 Å². The van der Waals surface area contributed by atoms with Gasteiger partial charge in [-0.05, 0) is 35.7 Å². The summed E-state index contributed by atoms with van der Waals surface area (Å²) in [5.74, 6) is 0. The quantitative estimate of drug-likeness (QED) is 0.816. The van der Waals surface area contributed by atoms with Gasteiger partial charge in [-0.25, -0.2) is 0 Å². The summed E-state index contributed by atoms with van der Waals surface area (Å²) < 4.78 is 0. The zero-order valence-electron chi connectivity index (χ0n) is 10.5. The Balaban J connectivity index is 2.03. The van der Waals surface area contributed by atoms with E-state index in [1.165, 1.54) is 10.4 Å². The molecule has 0 atom stereocenters. The van der Waals surface area contributed by atoms with E-state index >= 15 is 0 Å². The molecule has 0 unspecified atom stereocenters. The third-order valence-corrected chi connectivity index (χ3v) is 3.73. The zero-order valence-corrected chi connectivity index (χ0v) is 11.3. The molecule has 0 radical (unpaired) electrons. The van der Waals surface area contributed by atoms with Gasteiger partial charge in [0, 0.05) is 18.0 Å². The van der Waals surface area contributed by atoms with E-state index < -0.39 is 0 Å². The minimum absolute atomic E-state index is 0.736. The highest BCUT2D eigenvalue weighted by atomic mass is 32.1. The van der Waals surface area contributed by atoms with Crippen LogP contribution in [0.3, 0.4) is 0 Å². The topological polar surface area (TPSA) is 27.0 Å². The van der Waals surface area contributed by atoms with Crippen molar-refractivity contribution >= 4 is 11.3 Å². The summed E-state index contributed by atoms with van der Waals surface area (Å²) in [6.45, 7) is 5.05. The molecule has 0 saturated carbocycles. The first-order chi connectivity index (χ1) is 8.81. The molecule has 0 N–H and O–H groups in total. The molecular formula is C15H16N2S. The molecule has 0 spiro atoms. The Kier molecular flexibility index (Phi) is 4.52. The largest absolute Gasteiger partial charge is 0.294 e. The summed E-state index contributed by atoms with van der Waals surface area (Å²) in [7, 11) is 0. The SMILES string of the molecule is CCN(Cc1cccc(C#N)c1)Cc1cccs1. The molecule has 3 heteroatoms. The van der Waals surface area contributed by atoms with Crippen molar-refractivity contribution in [1.29, 1.82) is 5.26 Å². The second-order valence-corrected chi connectivity index (χ2v) is 5.23. The van der Waals surface area contributed by atoms with Crippen LogP contribution in [0.4, 0.5) is 0 Å². The second kappa shape index (κ2) is 6.34. The van der Waals surface area contributed by atoms with Crippen molar-refractivity contribution in [3.63, 3.8) is 0 Å². The lowest BCUT2D eigenvalue weighted by Crippen LogP contribution is -2.21. The summed E-state index contributed by atoms with van der Waals surface area (Å²) in [6.07, 6.45) is 0. The van der Waals surface area contributed by atoms with Crippen molar-refractivity contribution in [2.75, 3.05) is 6.54 Å². The van der Waals surface area contributed by atoms with Gasteiger partial charge < -0.3 is 0 Å². The highest BCUT2D eigenvalue weighted by Crippen LogP contribution is 2.14. The summed E-state index contributed by atoms with van der Waals surface area (Å²) in [5.41, 5.74) is 1.94. The lowest BCUT2D eigenvalue weighted by atomic mass is 10.1. The van der Waals surface area contributed by atoms with Crippen LogP contribution < -0.4 is 0 Å². The Bertz CT molecular complexity index is 526. The Morgan fingerprint density at radius 1 is 1.22 bits per heavy atom. The zero-order chi connectivity index (χ0) is 12.8. The Hall–Kier alpha value is -1.63. The molecule has 1 aromatic carbocycles. The summed E-state index contributed by atoms with van der Waals surface area (Å²) in [6, 6.07) is 14.3. The van der Waals surface area contributed by atoms with Crippen molar-refractivity contribution in [1.82, 2.24) is 4.90 Å². The molecule has 2 aromatic rings. The molecule has 0 bridgehead atoms. The summed E-state index contributed by atoms with van der Waals surface area (Å²) in [5, 5.41) is 11.0. The maximum absolute atomic E-state index is 8.90. The van der Waals surface area contributed by atoms with Crippen LogP contribution in [0.5, 0.6) is 0 Å². The molecule has 0 fully saturated rings. The second-order valence-electron chi connectivity index (χ2n) is 4.19. The molecule has 1 aromatic heterocycles. The predicted molar refractivity (Wildman–Crippen MR) is 75.3 cm³/mol. The first-order valence-corrected chi connectivity index (χ1v) is 6.93. The average molecular weight is 256 g/mol. The van der Waals surface area contributed by atoms with Gasteiger partial charge in [0.1, 0.15) is 0 Å². The first-order valence-electron chi connectivity index (χ1n) is 6.05. The van der Waals surface area contributed by atoms with Gasteiger partial charge in [0.15, 0.2) is 0 Å². The average Bonchev–Trinajstić information content (AvgIpc) is 2.91. The van der Waals surface area contributed by atoms with Gasteiger partial charge in [-0.3, -0.25) is 4.90 Å². The first kappa shape index (κ1) is 12.8. The Morgan fingerprint density at radius 2 is 2.11 bits per heavy atom. The van der Waals surface area contributed by atoms with Gasteiger partial charge in [-0.2, -0.15) is 5.26 Å². The van der Waals surface area contributed by atoms with E-state index in [-0.39, 0.29) is 0 Å². The van der Waals surface area contributed by atoms with E-state index in [1.54, 1.807) is 11.3 Å². The van der Waals surface area contributed by atoms with Crippen LogP contribution in [-0.4, -0.2) is 11.4 Å². The fraction of sp³-hybridized carbons (Fsp3) is 0.267. The van der Waals surface area contributed by atoms with E-state index in [4.69, 9.17) is 5.26 Å². The molecular weight excluding hydrogens is 240 g/mol. The molecule has 2 rings (SSSR count). The smallest absolute Gasteiger partial charge is 0.0991 e. The van der Waals surface area contributed by atoms with Crippen LogP contribution in [0.1, 0.15) is 22.9 Å². The van der Waals surface area contributed by atoms with E-state index in [0.717, 1.165) is 25.2 Å². The number of hydrogen-bond donors (Lipinski definition) is 0. The highest BCUT2D eigenvalue weighted by Gasteiger charge is 2.06. The van der Waals surface area contributed by atoms with E-state index in [2.05, 4.69) is 41.5 Å². The van der Waals surface area contributed by atoms with Crippen LogP contribution in [-0.2, 0) is 13.1 Å². The molecule has 92 valence electrons. The minimum Gasteiger partial charge on any atom is -0.294 e. The Morgan fingerprint density at radius 3 is 2.78 bits per heavy atom. The number of thiophene rings is 1. The van der Waals surface area contributed by atoms with E-state index in [0.29, 0.717) is 0 Å². The number of nitriles is 1. The highest BCUT2D eigenvalue weighted by molar-refractivity contribution is 7.09. The fourth-order valence-corrected chi connectivity index (χ4v) is 2.65. The van der Waals surface area contributed by atoms with E-state index in [9.17, 15) is 0 Å². The fourth-order valence-electron chi connectivity index (χ4n) is 1.90. The molecule has 0 amide bonds. The van der Waals surface area contributed by atoms with Gasteiger partial charge >= 0.3 is 0 Å². The Labute approximate surface area is 112 Å². The summed E-state index contributed by atoms with van der Waals surface area (Å²) in [4.78, 5) is 3.76. The van der Waals surface area contributed by atoms with Crippen LogP contribution in [0, 0.1) is 11.3 Å². The van der Waals surface area contributed by atoms with E-state index in [1.807, 2.05) is 18.2 Å². The molecule has 2 nitrogen and oxygen atoms in total. The van der Waals surface area contributed by atoms with Gasteiger partial charge in [0.2, 0.25) is 0 Å². The van der Waals surface area contributed by atoms with Gasteiger partial charge in [-0.15, -0.1) is 11.3 Å². The van der Waals surface area contributed by atoms with Gasteiger partial charge in [0.05, 0.1) is 11.6 Å². The van der Waals surface area contributed by atoms with Gasteiger partial charge in [0.25, 0.3) is 0 Å². The predicted octanol–water partition coefficient (Wildman–Crippen LogP) is 3.64. The molecule has 0 aliphatic carbocycles. The van der Waals surface area contributed by atoms with Crippen LogP contribution in [0.15, 0.2) is 41.8 Å². The number of benzene rings is 1. The number of nitrogens with zero attached hydrogens (tertiary/aromatic N) is 2. The number of hydrogen-bond acceptors (Lipinski definition) is 3. The van der Waals surface area contributed by atoms with Crippen LogP contribution in [0.25, 0.3) is 0 Å². The molecule has 1 heterocycles. The third-order valence-electron chi connectivity index (χ3n) is 2.87. The maximum atomic E-state index is 8.90. The monoisotopic (exact) mass is 256 g/mol. The van der Waals surface area contributed by atoms with Crippen molar-refractivity contribution in [3.8, 4) is 6.07 Å². The van der Waals surface area contributed by atoms with Crippen molar-refractivity contribution in [3.05, 3.63) is 57.8 Å². The number of rotatable bonds is 5. The van der Waals surface area contributed by atoms with Crippen molar-refractivity contribution < 1.29 is 0 Å². The standard InChI is InChI=1S/C15H16N2S/c1-2-17(12-15-7-4-8-18-15)11-14-6-3-5-13(9-14)10-16/h3-9H,2,11-12H2,1H3.